The molecule has 1 fully saturated rings. The molecule has 0 amide bonds. The van der Waals surface area contributed by atoms with E-state index >= 15 is 0 Å². The number of nitro benzene ring substituents is 1. The Hall–Kier alpha value is -1.36. The fourth-order valence-corrected chi connectivity index (χ4v) is 1.73. The first-order valence-corrected chi connectivity index (χ1v) is 5.35. The van der Waals surface area contributed by atoms with Crippen molar-refractivity contribution in [1.82, 2.24) is 0 Å². The van der Waals surface area contributed by atoms with E-state index in [1.54, 1.807) is 0 Å². The average molecular weight is 245 g/mol. The number of nitrogens with one attached hydrogen (secondary N) is 1. The molecule has 6 heteroatoms. The highest BCUT2D eigenvalue weighted by Crippen LogP contribution is 2.33. The van der Waals surface area contributed by atoms with E-state index in [1.165, 1.54) is 0 Å². The maximum absolute atomic E-state index is 13.2. The molecule has 1 saturated carbocycles. The van der Waals surface area contributed by atoms with Crippen LogP contribution in [0.25, 0.3) is 0 Å². The van der Waals surface area contributed by atoms with Crippen molar-refractivity contribution in [3.05, 3.63) is 33.1 Å². The molecule has 0 aliphatic heterocycles. The molecular weight excluding hydrogens is 235 g/mol. The normalized spacial score (nSPS) is 15.6. The van der Waals surface area contributed by atoms with Gasteiger partial charge in [-0.15, -0.1) is 0 Å². The van der Waals surface area contributed by atoms with Crippen LogP contribution in [-0.2, 0) is 0 Å². The summed E-state index contributed by atoms with van der Waals surface area (Å²) in [6, 6.07) is 2.33. The third-order valence-corrected chi connectivity index (χ3v) is 2.99. The number of nitrogens with zero attached hydrogens (tertiary/aromatic N) is 1. The summed E-state index contributed by atoms with van der Waals surface area (Å²) in [6.45, 7) is 0. The Morgan fingerprint density at radius 3 is 2.69 bits per heavy atom. The smallest absolute Gasteiger partial charge is 0.294 e. The van der Waals surface area contributed by atoms with Crippen LogP contribution in [0.2, 0.25) is 5.02 Å². The lowest BCUT2D eigenvalue weighted by atomic mass is 9.93. The molecule has 1 aliphatic rings. The lowest BCUT2D eigenvalue weighted by Crippen LogP contribution is -2.27. The van der Waals surface area contributed by atoms with Crippen molar-refractivity contribution >= 4 is 23.0 Å². The maximum Gasteiger partial charge on any atom is 0.294 e. The summed E-state index contributed by atoms with van der Waals surface area (Å²) in [4.78, 5) is 10.2. The van der Waals surface area contributed by atoms with E-state index in [9.17, 15) is 14.5 Å². The van der Waals surface area contributed by atoms with Gasteiger partial charge in [-0.05, 0) is 19.3 Å². The van der Waals surface area contributed by atoms with Gasteiger partial charge in [0.25, 0.3) is 5.69 Å². The first-order chi connectivity index (χ1) is 7.58. The quantitative estimate of drug-likeness (QED) is 0.655. The third-order valence-electron chi connectivity index (χ3n) is 2.70. The van der Waals surface area contributed by atoms with Crippen LogP contribution in [-0.4, -0.2) is 11.0 Å². The lowest BCUT2D eigenvalue weighted by Gasteiger charge is -2.27. The fourth-order valence-electron chi connectivity index (χ4n) is 1.58. The van der Waals surface area contributed by atoms with Gasteiger partial charge in [-0.3, -0.25) is 10.1 Å². The summed E-state index contributed by atoms with van der Waals surface area (Å²) in [5, 5.41) is 13.5. The second-order valence-electron chi connectivity index (χ2n) is 3.81. The second-order valence-corrected chi connectivity index (χ2v) is 4.22. The maximum atomic E-state index is 13.2. The van der Waals surface area contributed by atoms with Crippen LogP contribution in [0.15, 0.2) is 12.1 Å². The first kappa shape index (κ1) is 11.1. The third kappa shape index (κ3) is 2.09. The van der Waals surface area contributed by atoms with Crippen molar-refractivity contribution in [2.24, 2.45) is 0 Å². The molecule has 1 aliphatic carbocycles. The Morgan fingerprint density at radius 2 is 2.19 bits per heavy atom. The van der Waals surface area contributed by atoms with Crippen LogP contribution in [0.5, 0.6) is 0 Å². The molecule has 0 radical (unpaired) electrons. The monoisotopic (exact) mass is 244 g/mol. The molecule has 0 atom stereocenters. The van der Waals surface area contributed by atoms with E-state index in [1.807, 2.05) is 0 Å². The van der Waals surface area contributed by atoms with Crippen molar-refractivity contribution in [1.29, 1.82) is 0 Å². The molecule has 86 valence electrons. The van der Waals surface area contributed by atoms with Crippen molar-refractivity contribution in [2.75, 3.05) is 5.32 Å². The minimum atomic E-state index is -0.644. The van der Waals surface area contributed by atoms with Gasteiger partial charge in [0.05, 0.1) is 9.95 Å². The van der Waals surface area contributed by atoms with Crippen LogP contribution >= 0.6 is 11.6 Å². The van der Waals surface area contributed by atoms with E-state index in [-0.39, 0.29) is 22.4 Å². The Balaban J connectivity index is 2.32. The van der Waals surface area contributed by atoms with Gasteiger partial charge in [-0.1, -0.05) is 11.6 Å². The highest BCUT2D eigenvalue weighted by Gasteiger charge is 2.23. The Morgan fingerprint density at radius 1 is 1.50 bits per heavy atom. The molecular formula is C10H10ClFN2O2. The van der Waals surface area contributed by atoms with Crippen LogP contribution < -0.4 is 5.32 Å². The fraction of sp³-hybridized carbons (Fsp3) is 0.400. The van der Waals surface area contributed by atoms with E-state index in [2.05, 4.69) is 5.32 Å². The van der Waals surface area contributed by atoms with Crippen LogP contribution in [0, 0.1) is 15.9 Å². The molecule has 0 bridgehead atoms. The number of benzene rings is 1. The van der Waals surface area contributed by atoms with E-state index in [0.717, 1.165) is 31.4 Å². The molecule has 0 saturated heterocycles. The Labute approximate surface area is 96.6 Å². The SMILES string of the molecule is O=[N+]([O-])c1cc(Cl)c(F)cc1NC1CCC1. The molecule has 2 rings (SSSR count). The number of hydrogen-bond donors (Lipinski definition) is 1. The van der Waals surface area contributed by atoms with Gasteiger partial charge >= 0.3 is 0 Å². The number of anilines is 1. The number of halogens is 2. The van der Waals surface area contributed by atoms with E-state index in [4.69, 9.17) is 11.6 Å². The topological polar surface area (TPSA) is 55.2 Å². The molecule has 0 heterocycles. The lowest BCUT2D eigenvalue weighted by molar-refractivity contribution is -0.384. The van der Waals surface area contributed by atoms with Crippen molar-refractivity contribution in [3.63, 3.8) is 0 Å². The van der Waals surface area contributed by atoms with Crippen molar-refractivity contribution in [3.8, 4) is 0 Å². The van der Waals surface area contributed by atoms with E-state index < -0.39 is 10.7 Å². The predicted octanol–water partition coefficient (Wildman–Crippen LogP) is 3.35. The Kier molecular flexibility index (Phi) is 2.96. The molecule has 1 aromatic rings. The minimum absolute atomic E-state index is 0.182. The number of rotatable bonds is 3. The molecule has 0 aromatic heterocycles. The summed E-state index contributed by atoms with van der Waals surface area (Å²) in [7, 11) is 0. The molecule has 4 nitrogen and oxygen atoms in total. The standard InChI is InChI=1S/C10H10ClFN2O2/c11-7-4-10(14(15)16)9(5-8(7)12)13-6-2-1-3-6/h4-6,13H,1-3H2. The zero-order chi connectivity index (χ0) is 11.7. The second kappa shape index (κ2) is 4.25. The van der Waals surface area contributed by atoms with Crippen LogP contribution in [0.1, 0.15) is 19.3 Å². The number of hydrogen-bond acceptors (Lipinski definition) is 3. The van der Waals surface area contributed by atoms with Gasteiger partial charge in [-0.2, -0.15) is 0 Å². The van der Waals surface area contributed by atoms with Gasteiger partial charge in [0.15, 0.2) is 0 Å². The molecule has 0 spiro atoms. The van der Waals surface area contributed by atoms with Gasteiger partial charge < -0.3 is 5.32 Å². The highest BCUT2D eigenvalue weighted by atomic mass is 35.5. The number of nitro groups is 1. The zero-order valence-corrected chi connectivity index (χ0v) is 9.13. The van der Waals surface area contributed by atoms with Gasteiger partial charge in [0.2, 0.25) is 0 Å². The molecule has 16 heavy (non-hydrogen) atoms. The molecule has 1 N–H and O–H groups in total. The molecule has 0 unspecified atom stereocenters. The van der Waals surface area contributed by atoms with Gasteiger partial charge in [0, 0.05) is 18.2 Å². The Bertz CT molecular complexity index is 435. The van der Waals surface area contributed by atoms with Crippen molar-refractivity contribution in [2.45, 2.75) is 25.3 Å². The first-order valence-electron chi connectivity index (χ1n) is 4.98. The highest BCUT2D eigenvalue weighted by molar-refractivity contribution is 6.31. The summed E-state index contributed by atoms with van der Waals surface area (Å²) >= 11 is 5.51. The zero-order valence-electron chi connectivity index (χ0n) is 8.37. The van der Waals surface area contributed by atoms with Crippen LogP contribution in [0.4, 0.5) is 15.8 Å². The average Bonchev–Trinajstić information content (AvgIpc) is 2.16. The summed E-state index contributed by atoms with van der Waals surface area (Å²) in [5.74, 6) is -0.644. The summed E-state index contributed by atoms with van der Waals surface area (Å²) < 4.78 is 13.2. The van der Waals surface area contributed by atoms with Gasteiger partial charge in [-0.25, -0.2) is 4.39 Å². The summed E-state index contributed by atoms with van der Waals surface area (Å²) in [5.41, 5.74) is 0.0231. The van der Waals surface area contributed by atoms with Crippen molar-refractivity contribution < 1.29 is 9.31 Å². The largest absolute Gasteiger partial charge is 0.377 e. The van der Waals surface area contributed by atoms with E-state index in [0.29, 0.717) is 0 Å². The molecule has 1 aromatic carbocycles. The minimum Gasteiger partial charge on any atom is -0.377 e. The van der Waals surface area contributed by atoms with Gasteiger partial charge in [0.1, 0.15) is 11.5 Å². The predicted molar refractivity (Wildman–Crippen MR) is 59.3 cm³/mol. The van der Waals surface area contributed by atoms with Crippen LogP contribution in [0.3, 0.4) is 0 Å². The summed E-state index contributed by atoms with van der Waals surface area (Å²) in [6.07, 6.45) is 3.02.